The molecule has 2 aliphatic carbocycles. The second-order valence-electron chi connectivity index (χ2n) is 3.56. The van der Waals surface area contributed by atoms with Gasteiger partial charge in [-0.3, -0.25) is 0 Å². The molecule has 1 heterocycles. The van der Waals surface area contributed by atoms with Gasteiger partial charge in [-0.25, -0.2) is 4.98 Å². The molecule has 0 radical (unpaired) electrons. The molecule has 1 saturated carbocycles. The van der Waals surface area contributed by atoms with Gasteiger partial charge in [0.05, 0.1) is 17.0 Å². The van der Waals surface area contributed by atoms with E-state index in [4.69, 9.17) is 5.73 Å². The Labute approximate surface area is 70.2 Å². The van der Waals surface area contributed by atoms with Crippen LogP contribution in [0.1, 0.15) is 18.9 Å². The second-order valence-corrected chi connectivity index (χ2v) is 3.56. The Morgan fingerprint density at radius 2 is 2.25 bits per heavy atom. The fourth-order valence-electron chi connectivity index (χ4n) is 1.74. The summed E-state index contributed by atoms with van der Waals surface area (Å²) in [6.45, 7) is 0. The third-order valence-corrected chi connectivity index (χ3v) is 2.50. The van der Waals surface area contributed by atoms with Gasteiger partial charge in [0.1, 0.15) is 0 Å². The van der Waals surface area contributed by atoms with E-state index in [9.17, 15) is 0 Å². The van der Waals surface area contributed by atoms with Gasteiger partial charge in [0, 0.05) is 12.1 Å². The van der Waals surface area contributed by atoms with Crippen LogP contribution in [0.4, 0.5) is 0 Å². The first-order chi connectivity index (χ1) is 5.84. The first-order valence-corrected chi connectivity index (χ1v) is 4.37. The maximum atomic E-state index is 5.75. The van der Waals surface area contributed by atoms with Crippen molar-refractivity contribution in [3.05, 3.63) is 17.0 Å². The number of hydrogen-bond donors (Lipinski definition) is 1. The van der Waals surface area contributed by atoms with Crippen molar-refractivity contribution in [2.75, 3.05) is 0 Å². The summed E-state index contributed by atoms with van der Waals surface area (Å²) in [6.07, 6.45) is 8.62. The van der Waals surface area contributed by atoms with Crippen LogP contribution in [-0.4, -0.2) is 15.6 Å². The molecule has 2 N–H and O–H groups in total. The highest BCUT2D eigenvalue weighted by Gasteiger charge is 2.24. The normalized spacial score (nSPS) is 26.2. The maximum absolute atomic E-state index is 5.75. The lowest BCUT2D eigenvalue weighted by molar-refractivity contribution is 0.718. The van der Waals surface area contributed by atoms with Crippen LogP contribution in [0.2, 0.25) is 0 Å². The highest BCUT2D eigenvalue weighted by atomic mass is 15.1. The maximum Gasteiger partial charge on any atom is 0.0960 e. The van der Waals surface area contributed by atoms with E-state index < -0.39 is 0 Å². The second kappa shape index (κ2) is 1.98. The van der Waals surface area contributed by atoms with Crippen LogP contribution < -0.4 is 16.4 Å². The molecule has 3 rings (SSSR count). The summed E-state index contributed by atoms with van der Waals surface area (Å²) in [5, 5.41) is 2.29. The van der Waals surface area contributed by atoms with Crippen molar-refractivity contribution in [3.8, 4) is 0 Å². The van der Waals surface area contributed by atoms with Gasteiger partial charge in [0.25, 0.3) is 0 Å². The molecule has 2 aliphatic rings. The minimum Gasteiger partial charge on any atom is -0.328 e. The van der Waals surface area contributed by atoms with Crippen LogP contribution in [0.25, 0.3) is 12.2 Å². The first kappa shape index (κ1) is 6.43. The minimum atomic E-state index is 0.0775. The Bertz CT molecular complexity index is 425. The summed E-state index contributed by atoms with van der Waals surface area (Å²) in [5.41, 5.74) is 5.75. The molecular formula is C9H11N3. The van der Waals surface area contributed by atoms with Crippen molar-refractivity contribution in [2.24, 2.45) is 5.73 Å². The molecule has 0 spiro atoms. The highest BCUT2D eigenvalue weighted by molar-refractivity contribution is 5.51. The zero-order valence-electron chi connectivity index (χ0n) is 6.77. The third-order valence-electron chi connectivity index (χ3n) is 2.50. The zero-order chi connectivity index (χ0) is 8.13. The van der Waals surface area contributed by atoms with Crippen LogP contribution in [-0.2, 0) is 0 Å². The predicted molar refractivity (Wildman–Crippen MR) is 46.7 cm³/mol. The predicted octanol–water partition coefficient (Wildman–Crippen LogP) is -0.880. The number of aromatic nitrogens is 2. The number of rotatable bonds is 1. The van der Waals surface area contributed by atoms with Crippen molar-refractivity contribution in [3.63, 3.8) is 0 Å². The first-order valence-electron chi connectivity index (χ1n) is 4.37. The Hall–Kier alpha value is -1.09. The van der Waals surface area contributed by atoms with Crippen LogP contribution in [0.5, 0.6) is 0 Å². The van der Waals surface area contributed by atoms with Gasteiger partial charge in [-0.15, -0.1) is 0 Å². The summed E-state index contributed by atoms with van der Waals surface area (Å²) >= 11 is 0. The lowest BCUT2D eigenvalue weighted by Crippen LogP contribution is -2.26. The quantitative estimate of drug-likeness (QED) is 0.581. The van der Waals surface area contributed by atoms with Crippen LogP contribution >= 0.6 is 0 Å². The van der Waals surface area contributed by atoms with Gasteiger partial charge < -0.3 is 10.3 Å². The van der Waals surface area contributed by atoms with Crippen molar-refractivity contribution in [2.45, 2.75) is 24.9 Å². The van der Waals surface area contributed by atoms with Gasteiger partial charge >= 0.3 is 0 Å². The molecule has 0 aromatic carbocycles. The molecule has 0 amide bonds. The van der Waals surface area contributed by atoms with Crippen LogP contribution in [0.15, 0.2) is 6.33 Å². The molecule has 62 valence electrons. The van der Waals surface area contributed by atoms with E-state index in [1.807, 2.05) is 12.4 Å². The van der Waals surface area contributed by atoms with Crippen molar-refractivity contribution in [1.82, 2.24) is 9.55 Å². The fourth-order valence-corrected chi connectivity index (χ4v) is 1.74. The number of nitrogens with two attached hydrogens (primary N) is 1. The molecule has 1 fully saturated rings. The molecule has 1 aromatic heterocycles. The summed E-state index contributed by atoms with van der Waals surface area (Å²) in [7, 11) is 0. The summed E-state index contributed by atoms with van der Waals surface area (Å²) in [6, 6.07) is 0.782. The van der Waals surface area contributed by atoms with Gasteiger partial charge in [0.2, 0.25) is 0 Å². The van der Waals surface area contributed by atoms with E-state index in [0.29, 0.717) is 6.04 Å². The topological polar surface area (TPSA) is 43.8 Å². The lowest BCUT2D eigenvalue weighted by atomic mass is 10.3. The Morgan fingerprint density at radius 3 is 3.00 bits per heavy atom. The standard InChI is InChI=1S/C9H11N3/c10-6-3-8-9(4-6)12(5-11-8)7-1-2-7/h3-7H,1-2,10H2. The molecular weight excluding hydrogens is 150 g/mol. The third kappa shape index (κ3) is 0.770. The number of nitrogens with zero attached hydrogens (tertiary/aromatic N) is 2. The molecule has 3 heteroatoms. The Morgan fingerprint density at radius 1 is 1.42 bits per heavy atom. The average Bonchev–Trinajstić information content (AvgIpc) is 2.69. The largest absolute Gasteiger partial charge is 0.328 e. The number of hydrogen-bond acceptors (Lipinski definition) is 2. The van der Waals surface area contributed by atoms with Gasteiger partial charge in [-0.1, -0.05) is 0 Å². The van der Waals surface area contributed by atoms with Crippen molar-refractivity contribution >= 4 is 12.2 Å². The summed E-state index contributed by atoms with van der Waals surface area (Å²) in [5.74, 6) is 0. The molecule has 0 aliphatic heterocycles. The molecule has 3 nitrogen and oxygen atoms in total. The lowest BCUT2D eigenvalue weighted by Gasteiger charge is -1.96. The van der Waals surface area contributed by atoms with Crippen LogP contribution in [0.3, 0.4) is 0 Å². The van der Waals surface area contributed by atoms with E-state index in [1.54, 1.807) is 0 Å². The Balaban J connectivity index is 2.26. The highest BCUT2D eigenvalue weighted by Crippen LogP contribution is 2.32. The van der Waals surface area contributed by atoms with Crippen molar-refractivity contribution < 1.29 is 0 Å². The monoisotopic (exact) mass is 161 g/mol. The van der Waals surface area contributed by atoms with Crippen LogP contribution in [0, 0.1) is 0 Å². The van der Waals surface area contributed by atoms with E-state index in [2.05, 4.69) is 15.6 Å². The van der Waals surface area contributed by atoms with E-state index in [1.165, 1.54) is 18.2 Å². The SMILES string of the molecule is NC1C=c2ncn(C3CC3)c2=C1. The molecule has 0 saturated heterocycles. The molecule has 0 bridgehead atoms. The zero-order valence-corrected chi connectivity index (χ0v) is 6.77. The number of imidazole rings is 1. The van der Waals surface area contributed by atoms with E-state index in [-0.39, 0.29) is 6.04 Å². The Kier molecular flexibility index (Phi) is 1.06. The average molecular weight is 161 g/mol. The minimum absolute atomic E-state index is 0.0775. The molecule has 1 aromatic rings. The van der Waals surface area contributed by atoms with Gasteiger partial charge in [0.15, 0.2) is 0 Å². The molecule has 1 unspecified atom stereocenters. The number of fused-ring (bicyclic) bond motifs is 1. The van der Waals surface area contributed by atoms with Gasteiger partial charge in [-0.2, -0.15) is 0 Å². The molecule has 12 heavy (non-hydrogen) atoms. The summed E-state index contributed by atoms with van der Waals surface area (Å²) < 4.78 is 2.25. The fraction of sp³-hybridized carbons (Fsp3) is 0.444. The van der Waals surface area contributed by atoms with Crippen molar-refractivity contribution in [1.29, 1.82) is 0 Å². The van der Waals surface area contributed by atoms with E-state index in [0.717, 1.165) is 5.35 Å². The smallest absolute Gasteiger partial charge is 0.0960 e. The molecule has 1 atom stereocenters. The van der Waals surface area contributed by atoms with E-state index >= 15 is 0 Å². The summed E-state index contributed by atoms with van der Waals surface area (Å²) in [4.78, 5) is 4.30. The van der Waals surface area contributed by atoms with Gasteiger partial charge in [-0.05, 0) is 25.0 Å².